The Morgan fingerprint density at radius 2 is 1.69 bits per heavy atom. The number of benzene rings is 1. The minimum atomic E-state index is -0.0981. The minimum Gasteiger partial charge on any atom is -0.348 e. The van der Waals surface area contributed by atoms with E-state index in [2.05, 4.69) is 37.6 Å². The number of aryl methyl sites for hydroxylation is 3. The Hall–Kier alpha value is -2.88. The SMILES string of the molecule is Cc1cc(C)c(NC(=O)CSc2nnc3nc(N(C)C)nc(N(C)C)n23)c(C)c1. The van der Waals surface area contributed by atoms with Gasteiger partial charge in [-0.1, -0.05) is 29.5 Å². The molecule has 0 spiro atoms. The molecule has 0 aliphatic carbocycles. The van der Waals surface area contributed by atoms with E-state index in [0.29, 0.717) is 22.8 Å². The first-order valence-electron chi connectivity index (χ1n) is 9.15. The molecule has 9 nitrogen and oxygen atoms in total. The fourth-order valence-corrected chi connectivity index (χ4v) is 3.76. The van der Waals surface area contributed by atoms with Gasteiger partial charge in [0.15, 0.2) is 5.16 Å². The maximum absolute atomic E-state index is 12.6. The fraction of sp³-hybridized carbons (Fsp3) is 0.421. The number of fused-ring (bicyclic) bond motifs is 1. The van der Waals surface area contributed by atoms with E-state index in [1.807, 2.05) is 58.8 Å². The smallest absolute Gasteiger partial charge is 0.261 e. The average Bonchev–Trinajstić information content (AvgIpc) is 3.05. The maximum atomic E-state index is 12.6. The zero-order valence-electron chi connectivity index (χ0n) is 17.8. The number of hydrogen-bond acceptors (Lipinski definition) is 8. The third-order valence-corrected chi connectivity index (χ3v) is 5.22. The van der Waals surface area contributed by atoms with Gasteiger partial charge in [-0.15, -0.1) is 10.2 Å². The van der Waals surface area contributed by atoms with E-state index < -0.39 is 0 Å². The number of nitrogens with zero attached hydrogens (tertiary/aromatic N) is 7. The number of carbonyl (C=O) groups is 1. The van der Waals surface area contributed by atoms with Crippen molar-refractivity contribution in [1.82, 2.24) is 24.6 Å². The predicted octanol–water partition coefficient (Wildman–Crippen LogP) is 2.31. The predicted molar refractivity (Wildman–Crippen MR) is 117 cm³/mol. The molecule has 0 radical (unpaired) electrons. The van der Waals surface area contributed by atoms with Crippen molar-refractivity contribution in [2.75, 3.05) is 49.1 Å². The molecular formula is C19H26N8OS. The molecule has 2 aromatic heterocycles. The van der Waals surface area contributed by atoms with E-state index in [1.54, 1.807) is 4.40 Å². The molecule has 0 unspecified atom stereocenters. The van der Waals surface area contributed by atoms with Crippen molar-refractivity contribution >= 4 is 41.0 Å². The normalized spacial score (nSPS) is 11.0. The van der Waals surface area contributed by atoms with Crippen LogP contribution in [-0.4, -0.2) is 64.4 Å². The highest BCUT2D eigenvalue weighted by atomic mass is 32.2. The lowest BCUT2D eigenvalue weighted by Crippen LogP contribution is -2.21. The van der Waals surface area contributed by atoms with Crippen LogP contribution in [0.1, 0.15) is 16.7 Å². The van der Waals surface area contributed by atoms with Crippen LogP contribution >= 0.6 is 11.8 Å². The zero-order chi connectivity index (χ0) is 21.3. The van der Waals surface area contributed by atoms with Crippen LogP contribution in [0, 0.1) is 20.8 Å². The lowest BCUT2D eigenvalue weighted by atomic mass is 10.1. The van der Waals surface area contributed by atoms with E-state index in [-0.39, 0.29) is 11.7 Å². The summed E-state index contributed by atoms with van der Waals surface area (Å²) < 4.78 is 1.76. The molecule has 1 aromatic carbocycles. The Morgan fingerprint density at radius 1 is 1.03 bits per heavy atom. The summed E-state index contributed by atoms with van der Waals surface area (Å²) in [6, 6.07) is 4.12. The van der Waals surface area contributed by atoms with Crippen LogP contribution in [0.5, 0.6) is 0 Å². The second-order valence-corrected chi connectivity index (χ2v) is 8.28. The highest BCUT2D eigenvalue weighted by Crippen LogP contribution is 2.25. The number of rotatable bonds is 6. The van der Waals surface area contributed by atoms with Gasteiger partial charge in [-0.05, 0) is 31.9 Å². The Bertz CT molecular complexity index is 1040. The lowest BCUT2D eigenvalue weighted by Gasteiger charge is -2.17. The molecule has 0 bridgehead atoms. The third kappa shape index (κ3) is 4.42. The minimum absolute atomic E-state index is 0.0981. The van der Waals surface area contributed by atoms with Crippen LogP contribution in [0.2, 0.25) is 0 Å². The molecule has 29 heavy (non-hydrogen) atoms. The molecule has 0 atom stereocenters. The topological polar surface area (TPSA) is 91.5 Å². The largest absolute Gasteiger partial charge is 0.348 e. The molecule has 154 valence electrons. The summed E-state index contributed by atoms with van der Waals surface area (Å²) in [5.41, 5.74) is 4.14. The Balaban J connectivity index is 1.81. The molecule has 2 heterocycles. The van der Waals surface area contributed by atoms with Gasteiger partial charge in [-0.3, -0.25) is 4.79 Å². The highest BCUT2D eigenvalue weighted by Gasteiger charge is 2.18. The monoisotopic (exact) mass is 414 g/mol. The molecule has 0 fully saturated rings. The molecule has 0 aliphatic rings. The van der Waals surface area contributed by atoms with Gasteiger partial charge in [-0.25, -0.2) is 4.40 Å². The summed E-state index contributed by atoms with van der Waals surface area (Å²) in [7, 11) is 7.53. The number of nitrogens with one attached hydrogen (secondary N) is 1. The van der Waals surface area contributed by atoms with Crippen molar-refractivity contribution in [3.8, 4) is 0 Å². The van der Waals surface area contributed by atoms with Crippen LogP contribution in [0.15, 0.2) is 17.3 Å². The molecule has 3 rings (SSSR count). The molecular weight excluding hydrogens is 388 g/mol. The molecule has 0 saturated carbocycles. The van der Waals surface area contributed by atoms with Crippen molar-refractivity contribution < 1.29 is 4.79 Å². The summed E-state index contributed by atoms with van der Waals surface area (Å²) >= 11 is 1.30. The first-order valence-corrected chi connectivity index (χ1v) is 10.1. The Kier molecular flexibility index (Phi) is 5.92. The summed E-state index contributed by atoms with van der Waals surface area (Å²) in [6.07, 6.45) is 0. The van der Waals surface area contributed by atoms with Crippen LogP contribution in [0.3, 0.4) is 0 Å². The highest BCUT2D eigenvalue weighted by molar-refractivity contribution is 7.99. The van der Waals surface area contributed by atoms with Gasteiger partial charge in [0.25, 0.3) is 5.78 Å². The van der Waals surface area contributed by atoms with E-state index in [0.717, 1.165) is 16.8 Å². The number of hydrogen-bond donors (Lipinski definition) is 1. The van der Waals surface area contributed by atoms with Crippen LogP contribution < -0.4 is 15.1 Å². The van der Waals surface area contributed by atoms with Crippen molar-refractivity contribution in [2.24, 2.45) is 0 Å². The number of aromatic nitrogens is 5. The molecule has 1 N–H and O–H groups in total. The maximum Gasteiger partial charge on any atom is 0.261 e. The van der Waals surface area contributed by atoms with Crippen LogP contribution in [0.4, 0.5) is 17.6 Å². The zero-order valence-corrected chi connectivity index (χ0v) is 18.6. The third-order valence-electron chi connectivity index (χ3n) is 4.29. The van der Waals surface area contributed by atoms with Crippen molar-refractivity contribution in [2.45, 2.75) is 25.9 Å². The van der Waals surface area contributed by atoms with Gasteiger partial charge in [-0.2, -0.15) is 9.97 Å². The Morgan fingerprint density at radius 3 is 2.28 bits per heavy atom. The number of carbonyl (C=O) groups excluding carboxylic acids is 1. The van der Waals surface area contributed by atoms with E-state index in [1.165, 1.54) is 17.3 Å². The fourth-order valence-electron chi connectivity index (χ4n) is 3.04. The average molecular weight is 415 g/mol. The second kappa shape index (κ2) is 8.24. The van der Waals surface area contributed by atoms with Gasteiger partial charge >= 0.3 is 0 Å². The van der Waals surface area contributed by atoms with Gasteiger partial charge in [0.2, 0.25) is 17.8 Å². The standard InChI is InChI=1S/C19H26N8OS/c1-11-8-12(2)15(13(3)9-11)20-14(28)10-29-19-24-23-17-21-16(25(4)5)22-18(26(6)7)27(17)19/h8-9H,10H2,1-7H3,(H,20,28). The van der Waals surface area contributed by atoms with Gasteiger partial charge in [0, 0.05) is 33.9 Å². The summed E-state index contributed by atoms with van der Waals surface area (Å²) in [6.45, 7) is 6.04. The summed E-state index contributed by atoms with van der Waals surface area (Å²) in [4.78, 5) is 25.2. The number of anilines is 3. The van der Waals surface area contributed by atoms with E-state index in [9.17, 15) is 4.79 Å². The van der Waals surface area contributed by atoms with Gasteiger partial charge in [0.05, 0.1) is 5.75 Å². The van der Waals surface area contributed by atoms with Gasteiger partial charge < -0.3 is 15.1 Å². The first-order chi connectivity index (χ1) is 13.7. The van der Waals surface area contributed by atoms with E-state index >= 15 is 0 Å². The lowest BCUT2D eigenvalue weighted by molar-refractivity contribution is -0.113. The van der Waals surface area contributed by atoms with Crippen molar-refractivity contribution in [3.63, 3.8) is 0 Å². The summed E-state index contributed by atoms with van der Waals surface area (Å²) in [5, 5.41) is 12.0. The van der Waals surface area contributed by atoms with Gasteiger partial charge in [0.1, 0.15) is 0 Å². The Labute approximate surface area is 174 Å². The molecule has 0 saturated heterocycles. The van der Waals surface area contributed by atoms with Crippen molar-refractivity contribution in [1.29, 1.82) is 0 Å². The van der Waals surface area contributed by atoms with Crippen LogP contribution in [-0.2, 0) is 4.79 Å². The molecule has 1 amide bonds. The molecule has 3 aromatic rings. The molecule has 0 aliphatic heterocycles. The summed E-state index contributed by atoms with van der Waals surface area (Å²) in [5.74, 6) is 1.75. The second-order valence-electron chi connectivity index (χ2n) is 7.34. The van der Waals surface area contributed by atoms with Crippen molar-refractivity contribution in [3.05, 3.63) is 28.8 Å². The van der Waals surface area contributed by atoms with Crippen LogP contribution in [0.25, 0.3) is 5.78 Å². The van der Waals surface area contributed by atoms with E-state index in [4.69, 9.17) is 0 Å². The number of thioether (sulfide) groups is 1. The first kappa shape index (κ1) is 20.8. The molecule has 10 heteroatoms. The quantitative estimate of drug-likeness (QED) is 0.615. The number of amides is 1.